The fourth-order valence-corrected chi connectivity index (χ4v) is 15.1. The molecule has 2 aliphatic heterocycles. The Kier molecular flexibility index (Phi) is 21.6. The summed E-state index contributed by atoms with van der Waals surface area (Å²) in [4.78, 5) is 0. The molecule has 2 heterocycles. The number of ether oxygens (including phenoxy) is 8. The number of rotatable bonds is 22. The van der Waals surface area contributed by atoms with E-state index in [2.05, 4.69) is 69.3 Å². The highest BCUT2D eigenvalue weighted by molar-refractivity contribution is 6.99. The van der Waals surface area contributed by atoms with Crippen molar-refractivity contribution in [3.63, 3.8) is 0 Å². The van der Waals surface area contributed by atoms with Gasteiger partial charge in [-0.05, 0) is 69.2 Å². The molecular weight excluding hydrogens is 997 g/mol. The van der Waals surface area contributed by atoms with Crippen LogP contribution in [-0.2, 0) is 70.6 Å². The van der Waals surface area contributed by atoms with Crippen LogP contribution in [0.1, 0.15) is 62.4 Å². The van der Waals surface area contributed by atoms with Gasteiger partial charge >= 0.3 is 0 Å². The van der Waals surface area contributed by atoms with Crippen molar-refractivity contribution < 1.29 is 52.5 Å². The number of hydrogen-bond acceptors (Lipinski definition) is 11. The summed E-state index contributed by atoms with van der Waals surface area (Å²) in [5, 5.41) is 24.1. The molecule has 9 rings (SSSR count). The Bertz CT molecular complexity index is 2710. The molecule has 412 valence electrons. The maximum Gasteiger partial charge on any atom is 0.261 e. The van der Waals surface area contributed by atoms with Crippen LogP contribution in [0.25, 0.3) is 0 Å². The predicted octanol–water partition coefficient (Wildman–Crippen LogP) is 10.4. The summed E-state index contributed by atoms with van der Waals surface area (Å²) in [5.74, 6) is 0.787. The molecular formula is C66H78O11Si. The second-order valence-corrected chi connectivity index (χ2v) is 25.4. The highest BCUT2D eigenvalue weighted by Gasteiger charge is 2.53. The molecule has 0 aromatic heterocycles. The Hall–Kier alpha value is -5.84. The zero-order valence-corrected chi connectivity index (χ0v) is 46.9. The van der Waals surface area contributed by atoms with Gasteiger partial charge in [-0.15, -0.1) is 0 Å². The van der Waals surface area contributed by atoms with Crippen LogP contribution in [0, 0.1) is 0 Å². The molecule has 11 nitrogen and oxygen atoms in total. The lowest BCUT2D eigenvalue weighted by atomic mass is 9.94. The van der Waals surface area contributed by atoms with Crippen molar-refractivity contribution in [3.8, 4) is 5.75 Å². The molecule has 0 radical (unpaired) electrons. The molecule has 2 fully saturated rings. The molecule has 0 aliphatic carbocycles. The van der Waals surface area contributed by atoms with Gasteiger partial charge in [0, 0.05) is 0 Å². The zero-order valence-electron chi connectivity index (χ0n) is 45.9. The van der Waals surface area contributed by atoms with E-state index in [4.69, 9.17) is 42.3 Å². The smallest absolute Gasteiger partial charge is 0.261 e. The number of benzene rings is 7. The van der Waals surface area contributed by atoms with Crippen LogP contribution in [0.2, 0.25) is 5.04 Å². The number of hydrogen-bond donors (Lipinski definition) is 2. The van der Waals surface area contributed by atoms with Gasteiger partial charge in [0.05, 0.1) is 65.6 Å². The summed E-state index contributed by atoms with van der Waals surface area (Å²) in [6.07, 6.45) is -5.03. The van der Waals surface area contributed by atoms with E-state index in [9.17, 15) is 10.2 Å². The van der Waals surface area contributed by atoms with Crippen molar-refractivity contribution in [3.05, 3.63) is 234 Å². The Morgan fingerprint density at radius 1 is 0.423 bits per heavy atom. The molecule has 2 aliphatic rings. The summed E-state index contributed by atoms with van der Waals surface area (Å²) in [6.45, 7) is 12.7. The molecule has 7 aromatic carbocycles. The molecule has 2 N–H and O–H groups in total. The Morgan fingerprint density at radius 2 is 0.756 bits per heavy atom. The van der Waals surface area contributed by atoms with E-state index in [1.54, 1.807) is 7.11 Å². The summed E-state index contributed by atoms with van der Waals surface area (Å²) in [7, 11) is -1.18. The van der Waals surface area contributed by atoms with Crippen molar-refractivity contribution in [2.75, 3.05) is 20.3 Å². The third-order valence-corrected chi connectivity index (χ3v) is 19.6. The van der Waals surface area contributed by atoms with E-state index in [0.29, 0.717) is 33.0 Å². The lowest BCUT2D eigenvalue weighted by Crippen LogP contribution is -2.68. The summed E-state index contributed by atoms with van der Waals surface area (Å²) in [6, 6.07) is 68.9. The van der Waals surface area contributed by atoms with E-state index in [-0.39, 0.29) is 36.6 Å². The quantitative estimate of drug-likeness (QED) is 0.0631. The summed E-state index contributed by atoms with van der Waals surface area (Å²) >= 11 is 0. The van der Waals surface area contributed by atoms with Crippen molar-refractivity contribution >= 4 is 18.7 Å². The van der Waals surface area contributed by atoms with Crippen LogP contribution >= 0.6 is 0 Å². The number of methoxy groups -OCH3 is 1. The van der Waals surface area contributed by atoms with Gasteiger partial charge in [0.2, 0.25) is 0 Å². The standard InChI is InChI=1S/C37H44O5Si.C29H34O6/c1-28-35(39-25-29-17-9-5-10-18-29)36(40-26-30-19-11-6-12-20-30)34(38)33(42-28)27-41-43(37(2,3)4,31-21-13-7-14-22-31)32-23-15-8-16-24-32;1-21-27(32-18-22-9-5-3-6-10-22)29(34-19-23-11-7-4-8-12-23)28(26(17-30)35-21)33-20-24-13-15-25(31-2)16-14-24/h5-24,28,33-36,38H,25-27H2,1-4H3;3-16,21,26-30H,17-20H2,1-2H3/t28-,33+,34+,35-,36-;21-,26+,27-,28+,29+/m00/s1. The topological polar surface area (TPSA) is 124 Å². The Balaban J connectivity index is 0.000000210. The molecule has 10 atom stereocenters. The van der Waals surface area contributed by atoms with Crippen molar-refractivity contribution in [2.45, 2.75) is 134 Å². The van der Waals surface area contributed by atoms with Crippen LogP contribution < -0.4 is 15.1 Å². The second kappa shape index (κ2) is 28.9. The van der Waals surface area contributed by atoms with E-state index >= 15 is 0 Å². The van der Waals surface area contributed by atoms with Crippen LogP contribution in [0.5, 0.6) is 5.75 Å². The van der Waals surface area contributed by atoms with Gasteiger partial charge in [-0.1, -0.05) is 215 Å². The maximum atomic E-state index is 11.8. The van der Waals surface area contributed by atoms with Gasteiger partial charge in [0.15, 0.2) is 0 Å². The fourth-order valence-electron chi connectivity index (χ4n) is 10.5. The molecule has 2 saturated heterocycles. The van der Waals surface area contributed by atoms with Crippen LogP contribution in [-0.4, -0.2) is 99.9 Å². The molecule has 0 saturated carbocycles. The lowest BCUT2D eigenvalue weighted by Gasteiger charge is -2.47. The minimum atomic E-state index is -2.82. The first-order chi connectivity index (χ1) is 38.0. The van der Waals surface area contributed by atoms with E-state index in [1.807, 2.05) is 172 Å². The minimum Gasteiger partial charge on any atom is -0.497 e. The first-order valence-electron chi connectivity index (χ1n) is 27.2. The second-order valence-electron chi connectivity index (χ2n) is 21.1. The van der Waals surface area contributed by atoms with Crippen LogP contribution in [0.3, 0.4) is 0 Å². The molecule has 0 spiro atoms. The Labute approximate surface area is 463 Å². The SMILES string of the molecule is COc1ccc(CO[C@H]2[C@H](OCc3ccccc3)[C@@H](OCc3ccccc3)[C@H](C)O[C@@H]2CO)cc1.C[C@@H]1O[C@H](CO[Si](c2ccccc2)(c2ccccc2)C(C)(C)C)[C@@H](O)[C@H](OCc2ccccc2)[C@H]1OCc1ccccc1. The van der Waals surface area contributed by atoms with Crippen LogP contribution in [0.4, 0.5) is 0 Å². The van der Waals surface area contributed by atoms with Gasteiger partial charge in [0.1, 0.15) is 54.6 Å². The van der Waals surface area contributed by atoms with Gasteiger partial charge < -0.3 is 52.5 Å². The van der Waals surface area contributed by atoms with E-state index in [0.717, 1.165) is 33.6 Å². The largest absolute Gasteiger partial charge is 0.497 e. The number of aliphatic hydroxyl groups is 2. The van der Waals surface area contributed by atoms with Gasteiger partial charge in [-0.25, -0.2) is 0 Å². The average molecular weight is 1080 g/mol. The molecule has 0 unspecified atom stereocenters. The molecule has 12 heteroatoms. The molecule has 0 amide bonds. The lowest BCUT2D eigenvalue weighted by molar-refractivity contribution is -0.266. The predicted molar refractivity (Wildman–Crippen MR) is 307 cm³/mol. The summed E-state index contributed by atoms with van der Waals surface area (Å²) in [5.41, 5.74) is 5.22. The summed E-state index contributed by atoms with van der Waals surface area (Å²) < 4.78 is 57.1. The van der Waals surface area contributed by atoms with Crippen molar-refractivity contribution in [1.82, 2.24) is 0 Å². The van der Waals surface area contributed by atoms with Gasteiger partial charge in [-0.2, -0.15) is 0 Å². The fraction of sp³-hybridized carbons (Fsp3) is 0.364. The van der Waals surface area contributed by atoms with Crippen molar-refractivity contribution in [2.24, 2.45) is 0 Å². The zero-order chi connectivity index (χ0) is 54.7. The van der Waals surface area contributed by atoms with Gasteiger partial charge in [0.25, 0.3) is 8.32 Å². The van der Waals surface area contributed by atoms with E-state index < -0.39 is 51.0 Å². The molecule has 0 bridgehead atoms. The number of aliphatic hydroxyl groups excluding tert-OH is 2. The third kappa shape index (κ3) is 15.3. The van der Waals surface area contributed by atoms with Gasteiger partial charge in [-0.3, -0.25) is 0 Å². The van der Waals surface area contributed by atoms with Crippen LogP contribution in [0.15, 0.2) is 206 Å². The van der Waals surface area contributed by atoms with Crippen molar-refractivity contribution in [1.29, 1.82) is 0 Å². The first kappa shape index (κ1) is 58.3. The molecule has 78 heavy (non-hydrogen) atoms. The maximum absolute atomic E-state index is 11.8. The average Bonchev–Trinajstić information content (AvgIpc) is 3.60. The van der Waals surface area contributed by atoms with E-state index in [1.165, 1.54) is 10.4 Å². The highest BCUT2D eigenvalue weighted by atomic mass is 28.4. The monoisotopic (exact) mass is 1070 g/mol. The third-order valence-electron chi connectivity index (χ3n) is 14.6. The highest BCUT2D eigenvalue weighted by Crippen LogP contribution is 2.38. The first-order valence-corrected chi connectivity index (χ1v) is 29.1. The minimum absolute atomic E-state index is 0.172. The molecule has 7 aromatic rings. The Morgan fingerprint density at radius 3 is 1.14 bits per heavy atom. The normalized spacial score (nSPS) is 23.4.